The van der Waals surface area contributed by atoms with Crippen LogP contribution in [0.3, 0.4) is 0 Å². The number of halogens is 2. The number of carboxylic acid groups (broad SMARTS) is 1. The predicted octanol–water partition coefficient (Wildman–Crippen LogP) is 4.80. The molecule has 4 rings (SSSR count). The number of carbonyl (C=O) groups excluding carboxylic acids is 1. The minimum absolute atomic E-state index is 0.00639. The van der Waals surface area contributed by atoms with E-state index in [4.69, 9.17) is 27.9 Å². The van der Waals surface area contributed by atoms with Gasteiger partial charge in [-0.3, -0.25) is 10.1 Å². The number of ether oxygens (including phenoxy) is 1. The molecule has 3 heterocycles. The van der Waals surface area contributed by atoms with Gasteiger partial charge in [0.15, 0.2) is 5.13 Å². The van der Waals surface area contributed by atoms with Crippen molar-refractivity contribution in [2.75, 3.05) is 23.3 Å². The molecule has 1 saturated heterocycles. The van der Waals surface area contributed by atoms with Crippen LogP contribution in [0.15, 0.2) is 12.1 Å². The summed E-state index contributed by atoms with van der Waals surface area (Å²) in [4.78, 5) is 33.9. The Labute approximate surface area is 192 Å². The van der Waals surface area contributed by atoms with Crippen LogP contribution in [0.5, 0.6) is 0 Å². The minimum atomic E-state index is -1.03. The smallest absolute Gasteiger partial charge is 0.335 e. The topological polar surface area (TPSA) is 108 Å². The van der Waals surface area contributed by atoms with Crippen LogP contribution in [0.1, 0.15) is 40.4 Å². The summed E-state index contributed by atoms with van der Waals surface area (Å²) < 4.78 is 6.45. The van der Waals surface area contributed by atoms with Crippen molar-refractivity contribution in [3.05, 3.63) is 39.1 Å². The van der Waals surface area contributed by atoms with Crippen molar-refractivity contribution in [2.45, 2.75) is 33.0 Å². The summed E-state index contributed by atoms with van der Waals surface area (Å²) in [6, 6.07) is 3.18. The molecule has 0 spiro atoms. The predicted molar refractivity (Wildman–Crippen MR) is 122 cm³/mol. The van der Waals surface area contributed by atoms with Crippen molar-refractivity contribution in [1.29, 1.82) is 0 Å². The molecular formula is C20H20Cl2N4O4S. The number of H-pyrrole nitrogens is 1. The van der Waals surface area contributed by atoms with Crippen molar-refractivity contribution < 1.29 is 19.4 Å². The maximum atomic E-state index is 12.7. The molecule has 0 bridgehead atoms. The molecular weight excluding hydrogens is 463 g/mol. The zero-order chi connectivity index (χ0) is 22.4. The van der Waals surface area contributed by atoms with E-state index in [9.17, 15) is 14.7 Å². The lowest BCUT2D eigenvalue weighted by atomic mass is 10.1. The summed E-state index contributed by atoms with van der Waals surface area (Å²) in [5.41, 5.74) is 2.21. The number of amides is 1. The Morgan fingerprint density at radius 1 is 1.26 bits per heavy atom. The third-order valence-corrected chi connectivity index (χ3v) is 6.85. The normalized spacial score (nSPS) is 19.1. The Hall–Kier alpha value is -2.33. The molecule has 11 heteroatoms. The number of nitrogens with one attached hydrogen (secondary N) is 2. The van der Waals surface area contributed by atoms with Gasteiger partial charge in [0.2, 0.25) is 0 Å². The number of morpholine rings is 1. The number of carboxylic acids is 1. The number of aromatic nitrogens is 2. The number of fused-ring (bicyclic) bond motifs is 1. The lowest BCUT2D eigenvalue weighted by Gasteiger charge is -2.37. The van der Waals surface area contributed by atoms with Gasteiger partial charge in [0.05, 0.1) is 38.2 Å². The highest BCUT2D eigenvalue weighted by Crippen LogP contribution is 2.36. The van der Waals surface area contributed by atoms with Gasteiger partial charge in [0, 0.05) is 18.8 Å². The highest BCUT2D eigenvalue weighted by Gasteiger charge is 2.26. The van der Waals surface area contributed by atoms with Gasteiger partial charge >= 0.3 is 5.97 Å². The number of aryl methyl sites for hydroxylation is 1. The van der Waals surface area contributed by atoms with Crippen molar-refractivity contribution in [2.24, 2.45) is 0 Å². The second-order valence-electron chi connectivity index (χ2n) is 7.54. The van der Waals surface area contributed by atoms with Crippen molar-refractivity contribution in [3.8, 4) is 0 Å². The molecule has 3 aromatic rings. The number of hydrogen-bond donors (Lipinski definition) is 3. The zero-order valence-electron chi connectivity index (χ0n) is 17.0. The summed E-state index contributed by atoms with van der Waals surface area (Å²) in [5, 5.41) is 13.1. The first kappa shape index (κ1) is 21.9. The Balaban J connectivity index is 1.73. The molecule has 1 aromatic carbocycles. The second kappa shape index (κ2) is 8.31. The Morgan fingerprint density at radius 3 is 2.52 bits per heavy atom. The van der Waals surface area contributed by atoms with Crippen LogP contribution in [-0.2, 0) is 4.74 Å². The van der Waals surface area contributed by atoms with Crippen molar-refractivity contribution >= 4 is 67.5 Å². The van der Waals surface area contributed by atoms with Gasteiger partial charge in [0.1, 0.15) is 11.2 Å². The van der Waals surface area contributed by atoms with E-state index in [2.05, 4.69) is 20.2 Å². The van der Waals surface area contributed by atoms with E-state index >= 15 is 0 Å². The van der Waals surface area contributed by atoms with E-state index in [0.717, 1.165) is 0 Å². The van der Waals surface area contributed by atoms with Crippen LogP contribution in [0, 0.1) is 6.92 Å². The molecule has 3 N–H and O–H groups in total. The fraction of sp³-hybridized carbons (Fsp3) is 0.350. The molecule has 0 saturated carbocycles. The Kier molecular flexibility index (Phi) is 5.87. The van der Waals surface area contributed by atoms with Gasteiger partial charge in [-0.15, -0.1) is 0 Å². The average molecular weight is 483 g/mol. The molecule has 164 valence electrons. The number of anilines is 2. The van der Waals surface area contributed by atoms with Gasteiger partial charge in [-0.05, 0) is 32.9 Å². The van der Waals surface area contributed by atoms with E-state index in [-0.39, 0.29) is 28.5 Å². The molecule has 1 fully saturated rings. The fourth-order valence-electron chi connectivity index (χ4n) is 3.69. The highest BCUT2D eigenvalue weighted by molar-refractivity contribution is 7.22. The zero-order valence-corrected chi connectivity index (χ0v) is 19.3. The van der Waals surface area contributed by atoms with Crippen molar-refractivity contribution in [3.63, 3.8) is 0 Å². The molecule has 31 heavy (non-hydrogen) atoms. The minimum Gasteiger partial charge on any atom is -0.478 e. The number of thiazole rings is 1. The van der Waals surface area contributed by atoms with Crippen LogP contribution >= 0.6 is 34.5 Å². The number of aromatic carboxylic acids is 1. The molecule has 2 aromatic heterocycles. The van der Waals surface area contributed by atoms with Crippen LogP contribution < -0.4 is 10.2 Å². The van der Waals surface area contributed by atoms with Crippen LogP contribution in [0.2, 0.25) is 10.0 Å². The number of hydrogen-bond acceptors (Lipinski definition) is 6. The SMILES string of the molecule is Cc1[nH]c(C(=O)Nc2nc3c(N4CC(C)OC(C)C4)cc(C(=O)O)cc3s2)c(Cl)c1Cl. The molecule has 2 atom stereocenters. The van der Waals surface area contributed by atoms with Gasteiger partial charge in [-0.1, -0.05) is 34.5 Å². The second-order valence-corrected chi connectivity index (χ2v) is 9.32. The summed E-state index contributed by atoms with van der Waals surface area (Å²) in [7, 11) is 0. The van der Waals surface area contributed by atoms with Gasteiger partial charge in [-0.25, -0.2) is 9.78 Å². The first-order chi connectivity index (χ1) is 14.6. The van der Waals surface area contributed by atoms with Crippen LogP contribution in [0.25, 0.3) is 10.2 Å². The highest BCUT2D eigenvalue weighted by atomic mass is 35.5. The van der Waals surface area contributed by atoms with E-state index in [0.29, 0.717) is 44.8 Å². The Morgan fingerprint density at radius 2 is 1.94 bits per heavy atom. The molecule has 1 aliphatic rings. The van der Waals surface area contributed by atoms with E-state index in [1.54, 1.807) is 19.1 Å². The van der Waals surface area contributed by atoms with E-state index in [1.165, 1.54) is 11.3 Å². The average Bonchev–Trinajstić information content (AvgIpc) is 3.21. The van der Waals surface area contributed by atoms with Gasteiger partial charge in [-0.2, -0.15) is 0 Å². The van der Waals surface area contributed by atoms with Crippen molar-refractivity contribution in [1.82, 2.24) is 9.97 Å². The van der Waals surface area contributed by atoms with E-state index < -0.39 is 11.9 Å². The maximum absolute atomic E-state index is 12.7. The fourth-order valence-corrected chi connectivity index (χ4v) is 5.03. The summed E-state index contributed by atoms with van der Waals surface area (Å²) >= 11 is 13.4. The molecule has 0 aliphatic carbocycles. The monoisotopic (exact) mass is 482 g/mol. The molecule has 0 radical (unpaired) electrons. The standard InChI is InChI=1S/C20H20Cl2N4O4S/c1-8-6-26(7-9(2)30-8)12-4-11(19(28)29)5-13-16(12)24-20(31-13)25-18(27)17-15(22)14(21)10(3)23-17/h4-5,8-9,23H,6-7H2,1-3H3,(H,28,29)(H,24,25,27). The largest absolute Gasteiger partial charge is 0.478 e. The van der Waals surface area contributed by atoms with Crippen LogP contribution in [-0.4, -0.2) is 52.2 Å². The first-order valence-corrected chi connectivity index (χ1v) is 11.1. The molecule has 2 unspecified atom stereocenters. The molecule has 1 aliphatic heterocycles. The number of aromatic amines is 1. The summed E-state index contributed by atoms with van der Waals surface area (Å²) in [6.07, 6.45) is -0.0128. The number of benzene rings is 1. The molecule has 1 amide bonds. The van der Waals surface area contributed by atoms with E-state index in [1.807, 2.05) is 13.8 Å². The molecule has 8 nitrogen and oxygen atoms in total. The number of carbonyl (C=O) groups is 2. The lowest BCUT2D eigenvalue weighted by molar-refractivity contribution is -0.00514. The Bertz CT molecular complexity index is 1180. The summed E-state index contributed by atoms with van der Waals surface area (Å²) in [6.45, 7) is 6.88. The quantitative estimate of drug-likeness (QED) is 0.492. The van der Waals surface area contributed by atoms with Gasteiger partial charge in [0.25, 0.3) is 5.91 Å². The number of nitrogens with zero attached hydrogens (tertiary/aromatic N) is 2. The third kappa shape index (κ3) is 4.23. The first-order valence-electron chi connectivity index (χ1n) is 9.57. The number of rotatable bonds is 4. The maximum Gasteiger partial charge on any atom is 0.335 e. The van der Waals surface area contributed by atoms with Gasteiger partial charge < -0.3 is 19.7 Å². The lowest BCUT2D eigenvalue weighted by Crippen LogP contribution is -2.45. The summed E-state index contributed by atoms with van der Waals surface area (Å²) in [5.74, 6) is -1.51. The third-order valence-electron chi connectivity index (χ3n) is 4.98. The van der Waals surface area contributed by atoms with Crippen LogP contribution in [0.4, 0.5) is 10.8 Å².